The fourth-order valence-electron chi connectivity index (χ4n) is 2.37. The van der Waals surface area contributed by atoms with Gasteiger partial charge in [0.2, 0.25) is 11.8 Å². The van der Waals surface area contributed by atoms with Crippen LogP contribution in [-0.4, -0.2) is 35.6 Å². The molecule has 0 spiro atoms. The van der Waals surface area contributed by atoms with E-state index in [1.54, 1.807) is 18.9 Å². The molecule has 2 aromatic rings. The third-order valence-electron chi connectivity index (χ3n) is 3.76. The van der Waals surface area contributed by atoms with Gasteiger partial charge in [0.25, 0.3) is 0 Å². The first-order valence-electron chi connectivity index (χ1n) is 7.94. The van der Waals surface area contributed by atoms with Gasteiger partial charge in [-0.3, -0.25) is 9.59 Å². The number of nitrogens with zero attached hydrogens (tertiary/aromatic N) is 1. The summed E-state index contributed by atoms with van der Waals surface area (Å²) < 4.78 is 0.948. The lowest BCUT2D eigenvalue weighted by atomic mass is 10.1. The number of thioether (sulfide) groups is 1. The fourth-order valence-corrected chi connectivity index (χ4v) is 3.62. The van der Waals surface area contributed by atoms with E-state index >= 15 is 0 Å². The van der Waals surface area contributed by atoms with Gasteiger partial charge < -0.3 is 10.2 Å². The third kappa shape index (κ3) is 5.90. The molecule has 6 heteroatoms. The van der Waals surface area contributed by atoms with Crippen LogP contribution in [0.25, 0.3) is 0 Å². The van der Waals surface area contributed by atoms with Gasteiger partial charge >= 0.3 is 0 Å². The number of carbonyl (C=O) groups is 2. The summed E-state index contributed by atoms with van der Waals surface area (Å²) in [6.45, 7) is 2.14. The molecule has 0 aliphatic carbocycles. The number of halogens is 1. The Bertz CT molecular complexity index is 724. The second kappa shape index (κ2) is 9.63. The van der Waals surface area contributed by atoms with Gasteiger partial charge in [0.15, 0.2) is 0 Å². The van der Waals surface area contributed by atoms with Crippen molar-refractivity contribution in [2.75, 3.05) is 12.8 Å². The summed E-state index contributed by atoms with van der Waals surface area (Å²) in [5.74, 6) is 0.0530. The van der Waals surface area contributed by atoms with Gasteiger partial charge in [0.1, 0.15) is 6.04 Å². The SMILES string of the molecule is CNC(=O)[C@@H](C)N(Cc1cccc(Br)c1)C(=O)CSc1ccccc1. The minimum Gasteiger partial charge on any atom is -0.357 e. The molecule has 0 unspecified atom stereocenters. The Morgan fingerprint density at radius 1 is 1.16 bits per heavy atom. The minimum atomic E-state index is -0.534. The number of benzene rings is 2. The molecule has 25 heavy (non-hydrogen) atoms. The molecule has 0 fully saturated rings. The molecule has 0 aliphatic rings. The quantitative estimate of drug-likeness (QED) is 0.694. The van der Waals surface area contributed by atoms with E-state index in [0.717, 1.165) is 14.9 Å². The average molecular weight is 421 g/mol. The molecule has 2 amide bonds. The van der Waals surface area contributed by atoms with E-state index in [1.807, 2.05) is 54.6 Å². The summed E-state index contributed by atoms with van der Waals surface area (Å²) in [5.41, 5.74) is 0.975. The molecular formula is C19H21BrN2O2S. The number of carbonyl (C=O) groups excluding carboxylic acids is 2. The zero-order chi connectivity index (χ0) is 18.2. The van der Waals surface area contributed by atoms with Gasteiger partial charge in [-0.25, -0.2) is 0 Å². The average Bonchev–Trinajstić information content (AvgIpc) is 2.64. The molecule has 0 aliphatic heterocycles. The fraction of sp³-hybridized carbons (Fsp3) is 0.263. The molecule has 132 valence electrons. The van der Waals surface area contributed by atoms with Crippen LogP contribution in [0.4, 0.5) is 0 Å². The lowest BCUT2D eigenvalue weighted by Gasteiger charge is -2.28. The van der Waals surface area contributed by atoms with Crippen molar-refractivity contribution < 1.29 is 9.59 Å². The van der Waals surface area contributed by atoms with Gasteiger partial charge in [0.05, 0.1) is 5.75 Å². The Morgan fingerprint density at radius 2 is 1.88 bits per heavy atom. The van der Waals surface area contributed by atoms with Crippen molar-refractivity contribution in [2.45, 2.75) is 24.4 Å². The Hall–Kier alpha value is -1.79. The van der Waals surface area contributed by atoms with Gasteiger partial charge in [-0.1, -0.05) is 46.3 Å². The van der Waals surface area contributed by atoms with Crippen molar-refractivity contribution in [3.63, 3.8) is 0 Å². The monoisotopic (exact) mass is 420 g/mol. The first-order valence-corrected chi connectivity index (χ1v) is 9.72. The van der Waals surface area contributed by atoms with Crippen LogP contribution in [-0.2, 0) is 16.1 Å². The molecule has 2 rings (SSSR count). The van der Waals surface area contributed by atoms with Gasteiger partial charge in [-0.15, -0.1) is 11.8 Å². The molecule has 0 saturated carbocycles. The molecule has 1 N–H and O–H groups in total. The van der Waals surface area contributed by atoms with Gasteiger partial charge in [-0.05, 0) is 36.8 Å². The zero-order valence-electron chi connectivity index (χ0n) is 14.2. The minimum absolute atomic E-state index is 0.0649. The van der Waals surface area contributed by atoms with E-state index < -0.39 is 6.04 Å². The van der Waals surface area contributed by atoms with Crippen LogP contribution in [0.1, 0.15) is 12.5 Å². The van der Waals surface area contributed by atoms with Crippen LogP contribution < -0.4 is 5.32 Å². The van der Waals surface area contributed by atoms with Gasteiger partial charge in [-0.2, -0.15) is 0 Å². The predicted molar refractivity (Wildman–Crippen MR) is 105 cm³/mol. The zero-order valence-corrected chi connectivity index (χ0v) is 16.6. The number of rotatable bonds is 7. The third-order valence-corrected chi connectivity index (χ3v) is 5.25. The van der Waals surface area contributed by atoms with Crippen LogP contribution in [0.2, 0.25) is 0 Å². The molecule has 4 nitrogen and oxygen atoms in total. The summed E-state index contributed by atoms with van der Waals surface area (Å²) in [5, 5.41) is 2.62. The molecule has 2 aromatic carbocycles. The van der Waals surface area contributed by atoms with E-state index in [4.69, 9.17) is 0 Å². The van der Waals surface area contributed by atoms with Crippen LogP contribution in [0.15, 0.2) is 64.0 Å². The highest BCUT2D eigenvalue weighted by Crippen LogP contribution is 2.20. The normalized spacial score (nSPS) is 11.6. The molecule has 0 saturated heterocycles. The Morgan fingerprint density at radius 3 is 2.52 bits per heavy atom. The van der Waals surface area contributed by atoms with Crippen molar-refractivity contribution >= 4 is 39.5 Å². The maximum absolute atomic E-state index is 12.8. The highest BCUT2D eigenvalue weighted by Gasteiger charge is 2.25. The summed E-state index contributed by atoms with van der Waals surface area (Å²) in [4.78, 5) is 27.5. The summed E-state index contributed by atoms with van der Waals surface area (Å²) in [7, 11) is 1.58. The molecule has 0 bridgehead atoms. The Kier molecular flexibility index (Phi) is 7.52. The molecule has 1 atom stereocenters. The van der Waals surface area contributed by atoms with Crippen LogP contribution >= 0.6 is 27.7 Å². The smallest absolute Gasteiger partial charge is 0.242 e. The van der Waals surface area contributed by atoms with Crippen molar-refractivity contribution in [3.8, 4) is 0 Å². The van der Waals surface area contributed by atoms with Crippen LogP contribution in [0, 0.1) is 0 Å². The van der Waals surface area contributed by atoms with E-state index in [0.29, 0.717) is 12.3 Å². The second-order valence-corrected chi connectivity index (χ2v) is 7.51. The summed E-state index contributed by atoms with van der Waals surface area (Å²) in [6.07, 6.45) is 0. The maximum atomic E-state index is 12.8. The molecule has 0 heterocycles. The van der Waals surface area contributed by atoms with E-state index in [9.17, 15) is 9.59 Å². The standard InChI is InChI=1S/C19H21BrN2O2S/c1-14(19(24)21-2)22(12-15-7-6-8-16(20)11-15)18(23)13-25-17-9-4-3-5-10-17/h3-11,14H,12-13H2,1-2H3,(H,21,24)/t14-/m1/s1. The van der Waals surface area contributed by atoms with E-state index in [1.165, 1.54) is 11.8 Å². The van der Waals surface area contributed by atoms with Crippen molar-refractivity contribution in [2.24, 2.45) is 0 Å². The molecule has 0 radical (unpaired) electrons. The summed E-state index contributed by atoms with van der Waals surface area (Å²) >= 11 is 4.92. The first-order chi connectivity index (χ1) is 12.0. The second-order valence-electron chi connectivity index (χ2n) is 5.54. The molecule has 0 aromatic heterocycles. The predicted octanol–water partition coefficient (Wildman–Crippen LogP) is 3.70. The van der Waals surface area contributed by atoms with Crippen LogP contribution in [0.5, 0.6) is 0 Å². The van der Waals surface area contributed by atoms with Crippen LogP contribution in [0.3, 0.4) is 0 Å². The maximum Gasteiger partial charge on any atom is 0.242 e. The Balaban J connectivity index is 2.12. The number of hydrogen-bond acceptors (Lipinski definition) is 3. The largest absolute Gasteiger partial charge is 0.357 e. The Labute approximate surface area is 161 Å². The van der Waals surface area contributed by atoms with Crippen molar-refractivity contribution in [1.29, 1.82) is 0 Å². The number of likely N-dealkylation sites (N-methyl/N-ethyl adjacent to an activating group) is 1. The molecular weight excluding hydrogens is 400 g/mol. The van der Waals surface area contributed by atoms with Crippen molar-refractivity contribution in [1.82, 2.24) is 10.2 Å². The number of nitrogens with one attached hydrogen (secondary N) is 1. The number of hydrogen-bond donors (Lipinski definition) is 1. The highest BCUT2D eigenvalue weighted by atomic mass is 79.9. The lowest BCUT2D eigenvalue weighted by Crippen LogP contribution is -2.47. The lowest BCUT2D eigenvalue weighted by molar-refractivity contribution is -0.138. The highest BCUT2D eigenvalue weighted by molar-refractivity contribution is 9.10. The first kappa shape index (κ1) is 19.5. The van der Waals surface area contributed by atoms with Gasteiger partial charge in [0, 0.05) is 23.0 Å². The topological polar surface area (TPSA) is 49.4 Å². The summed E-state index contributed by atoms with van der Waals surface area (Å²) in [6, 6.07) is 17.0. The number of amides is 2. The van der Waals surface area contributed by atoms with E-state index in [2.05, 4.69) is 21.2 Å². The van der Waals surface area contributed by atoms with Crippen molar-refractivity contribution in [3.05, 3.63) is 64.6 Å². The van der Waals surface area contributed by atoms with E-state index in [-0.39, 0.29) is 11.8 Å².